The Morgan fingerprint density at radius 2 is 1.57 bits per heavy atom. The van der Waals surface area contributed by atoms with Gasteiger partial charge in [0.1, 0.15) is 6.04 Å². The number of carbonyl (C=O) groups is 2. The highest BCUT2D eigenvalue weighted by Gasteiger charge is 2.50. The maximum Gasteiger partial charge on any atom is 0.257 e. The minimum Gasteiger partial charge on any atom is -0.379 e. The lowest BCUT2D eigenvalue weighted by molar-refractivity contribution is -0.123. The van der Waals surface area contributed by atoms with Gasteiger partial charge in [-0.3, -0.25) is 14.5 Å². The fourth-order valence-corrected chi connectivity index (χ4v) is 6.02. The number of ether oxygens (including phenoxy) is 1. The van der Waals surface area contributed by atoms with Crippen LogP contribution < -0.4 is 4.90 Å². The molecule has 3 heterocycles. The van der Waals surface area contributed by atoms with Gasteiger partial charge < -0.3 is 14.5 Å². The summed E-state index contributed by atoms with van der Waals surface area (Å²) in [6.45, 7) is 6.20. The van der Waals surface area contributed by atoms with Crippen LogP contribution in [0.3, 0.4) is 0 Å². The predicted octanol–water partition coefficient (Wildman–Crippen LogP) is 5.27. The molecule has 0 bridgehead atoms. The summed E-state index contributed by atoms with van der Waals surface area (Å²) in [7, 11) is 0. The van der Waals surface area contributed by atoms with Gasteiger partial charge in [-0.15, -0.1) is 0 Å². The number of benzene rings is 3. The third kappa shape index (κ3) is 4.32. The Bertz CT molecular complexity index is 1370. The average molecular weight is 536 g/mol. The van der Waals surface area contributed by atoms with Crippen molar-refractivity contribution < 1.29 is 14.3 Å². The molecule has 3 aromatic rings. The molecule has 1 fully saturated rings. The fourth-order valence-electron chi connectivity index (χ4n) is 5.71. The first-order valence-electron chi connectivity index (χ1n) is 12.5. The Balaban J connectivity index is 1.49. The van der Waals surface area contributed by atoms with E-state index in [9.17, 15) is 9.59 Å². The molecule has 3 aliphatic heterocycles. The SMILES string of the molecule is Cc1ccc2c(c1)C(=O)N1C(C(=O)N2CCN2CCOCC2)c2ccc(Cl)cc2[C@@H]1c1ccc(Cl)cc1. The van der Waals surface area contributed by atoms with Crippen LogP contribution in [0, 0.1) is 6.92 Å². The topological polar surface area (TPSA) is 53.1 Å². The number of morpholine rings is 1. The second kappa shape index (κ2) is 9.76. The Kier molecular flexibility index (Phi) is 6.45. The molecule has 190 valence electrons. The number of aryl methyl sites for hydroxylation is 1. The molecule has 0 radical (unpaired) electrons. The molecule has 37 heavy (non-hydrogen) atoms. The Labute approximate surface area is 226 Å². The molecule has 6 rings (SSSR count). The highest BCUT2D eigenvalue weighted by Crippen LogP contribution is 2.50. The van der Waals surface area contributed by atoms with Gasteiger partial charge in [-0.05, 0) is 60.0 Å². The maximum absolute atomic E-state index is 14.4. The third-order valence-corrected chi connectivity index (χ3v) is 8.02. The Hall–Kier alpha value is -2.90. The molecule has 0 saturated carbocycles. The number of halogens is 2. The zero-order valence-electron chi connectivity index (χ0n) is 20.5. The van der Waals surface area contributed by atoms with Crippen molar-refractivity contribution in [2.75, 3.05) is 44.3 Å². The first-order valence-corrected chi connectivity index (χ1v) is 13.3. The van der Waals surface area contributed by atoms with Crippen LogP contribution in [0.5, 0.6) is 0 Å². The van der Waals surface area contributed by atoms with Crippen molar-refractivity contribution in [2.45, 2.75) is 19.0 Å². The van der Waals surface area contributed by atoms with Crippen molar-refractivity contribution >= 4 is 40.7 Å². The number of carbonyl (C=O) groups excluding carboxylic acids is 2. The summed E-state index contributed by atoms with van der Waals surface area (Å²) in [5.74, 6) is -0.276. The largest absolute Gasteiger partial charge is 0.379 e. The van der Waals surface area contributed by atoms with E-state index in [-0.39, 0.29) is 11.8 Å². The van der Waals surface area contributed by atoms with Crippen LogP contribution in [0.4, 0.5) is 5.69 Å². The summed E-state index contributed by atoms with van der Waals surface area (Å²) < 4.78 is 5.49. The molecule has 0 aromatic heterocycles. The van der Waals surface area contributed by atoms with E-state index in [2.05, 4.69) is 4.90 Å². The first kappa shape index (κ1) is 24.4. The van der Waals surface area contributed by atoms with E-state index in [0.29, 0.717) is 47.6 Å². The van der Waals surface area contributed by atoms with E-state index in [1.54, 1.807) is 15.9 Å². The van der Waals surface area contributed by atoms with Crippen LogP contribution in [0.15, 0.2) is 60.7 Å². The second-order valence-electron chi connectivity index (χ2n) is 9.81. The molecule has 0 N–H and O–H groups in total. The van der Waals surface area contributed by atoms with E-state index < -0.39 is 12.1 Å². The number of anilines is 1. The van der Waals surface area contributed by atoms with Crippen LogP contribution in [0.25, 0.3) is 0 Å². The molecule has 6 nitrogen and oxygen atoms in total. The van der Waals surface area contributed by atoms with Gasteiger partial charge in [0.05, 0.1) is 30.5 Å². The lowest BCUT2D eigenvalue weighted by Gasteiger charge is -2.32. The summed E-state index contributed by atoms with van der Waals surface area (Å²) in [4.78, 5) is 34.6. The molecule has 2 atom stereocenters. The van der Waals surface area contributed by atoms with E-state index in [4.69, 9.17) is 27.9 Å². The molecule has 1 unspecified atom stereocenters. The van der Waals surface area contributed by atoms with Crippen LogP contribution >= 0.6 is 23.2 Å². The monoisotopic (exact) mass is 535 g/mol. The minimum absolute atomic E-state index is 0.107. The zero-order chi connectivity index (χ0) is 25.7. The van der Waals surface area contributed by atoms with Crippen molar-refractivity contribution in [1.82, 2.24) is 9.80 Å². The molecule has 3 aromatic carbocycles. The van der Waals surface area contributed by atoms with Crippen molar-refractivity contribution in [1.29, 1.82) is 0 Å². The van der Waals surface area contributed by atoms with Crippen molar-refractivity contribution in [3.05, 3.63) is 98.5 Å². The summed E-state index contributed by atoms with van der Waals surface area (Å²) in [5.41, 5.74) is 4.72. The van der Waals surface area contributed by atoms with Gasteiger partial charge in [-0.25, -0.2) is 0 Å². The van der Waals surface area contributed by atoms with Crippen molar-refractivity contribution in [2.24, 2.45) is 0 Å². The zero-order valence-corrected chi connectivity index (χ0v) is 22.0. The molecule has 0 spiro atoms. The lowest BCUT2D eigenvalue weighted by atomic mass is 9.96. The summed E-state index contributed by atoms with van der Waals surface area (Å²) in [6.07, 6.45) is 0. The van der Waals surface area contributed by atoms with E-state index in [1.165, 1.54) is 0 Å². The van der Waals surface area contributed by atoms with Gasteiger partial charge >= 0.3 is 0 Å². The van der Waals surface area contributed by atoms with Gasteiger partial charge in [0.2, 0.25) is 0 Å². The third-order valence-electron chi connectivity index (χ3n) is 7.53. The smallest absolute Gasteiger partial charge is 0.257 e. The van der Waals surface area contributed by atoms with Crippen LogP contribution in [0.2, 0.25) is 10.0 Å². The number of nitrogens with zero attached hydrogens (tertiary/aromatic N) is 3. The van der Waals surface area contributed by atoms with Crippen LogP contribution in [0.1, 0.15) is 44.7 Å². The molecule has 1 saturated heterocycles. The fraction of sp³-hybridized carbons (Fsp3) is 0.310. The molecule has 8 heteroatoms. The van der Waals surface area contributed by atoms with E-state index >= 15 is 0 Å². The molecule has 3 aliphatic rings. The maximum atomic E-state index is 14.4. The highest BCUT2D eigenvalue weighted by atomic mass is 35.5. The summed E-state index contributed by atoms with van der Waals surface area (Å²) in [6, 6.07) is 17.5. The van der Waals surface area contributed by atoms with Crippen molar-refractivity contribution in [3.8, 4) is 0 Å². The molecular weight excluding hydrogens is 509 g/mol. The van der Waals surface area contributed by atoms with Crippen molar-refractivity contribution in [3.63, 3.8) is 0 Å². The molecule has 0 aliphatic carbocycles. The molecular formula is C29H27Cl2N3O3. The molecule has 2 amide bonds. The van der Waals surface area contributed by atoms with Gasteiger partial charge in [-0.1, -0.05) is 53.0 Å². The van der Waals surface area contributed by atoms with Gasteiger partial charge in [0.15, 0.2) is 0 Å². The van der Waals surface area contributed by atoms with Gasteiger partial charge in [0, 0.05) is 36.2 Å². The van der Waals surface area contributed by atoms with E-state index in [1.807, 2.05) is 61.5 Å². The number of hydrogen-bond donors (Lipinski definition) is 0. The highest BCUT2D eigenvalue weighted by molar-refractivity contribution is 6.31. The normalized spacial score (nSPS) is 21.5. The second-order valence-corrected chi connectivity index (χ2v) is 10.7. The van der Waals surface area contributed by atoms with E-state index in [0.717, 1.165) is 35.3 Å². The number of fused-ring (bicyclic) bond motifs is 4. The minimum atomic E-state index is -0.752. The number of hydrogen-bond acceptors (Lipinski definition) is 4. The number of amides is 2. The Morgan fingerprint density at radius 3 is 2.32 bits per heavy atom. The van der Waals surface area contributed by atoms with Gasteiger partial charge in [-0.2, -0.15) is 0 Å². The Morgan fingerprint density at radius 1 is 0.838 bits per heavy atom. The summed E-state index contributed by atoms with van der Waals surface area (Å²) >= 11 is 12.6. The van der Waals surface area contributed by atoms with Crippen LogP contribution in [-0.4, -0.2) is 61.0 Å². The predicted molar refractivity (Wildman–Crippen MR) is 144 cm³/mol. The number of rotatable bonds is 4. The average Bonchev–Trinajstić information content (AvgIpc) is 3.20. The van der Waals surface area contributed by atoms with Crippen LogP contribution in [-0.2, 0) is 9.53 Å². The van der Waals surface area contributed by atoms with Gasteiger partial charge in [0.25, 0.3) is 11.8 Å². The standard InChI is InChI=1S/C29H27Cl2N3O3/c1-18-2-9-25-24(16-18)28(35)34-26(19-3-5-20(30)6-4-19)23-17-21(31)7-8-22(23)27(34)29(36)33(25)11-10-32-12-14-37-15-13-32/h2-9,16-17,26-27H,10-15H2,1H3/t26-,27?/m0/s1. The summed E-state index contributed by atoms with van der Waals surface area (Å²) in [5, 5.41) is 1.17. The first-order chi connectivity index (χ1) is 17.9. The lowest BCUT2D eigenvalue weighted by Crippen LogP contribution is -2.45. The quantitative estimate of drug-likeness (QED) is 0.456.